The van der Waals surface area contributed by atoms with E-state index < -0.39 is 6.10 Å². The summed E-state index contributed by atoms with van der Waals surface area (Å²) < 4.78 is 13.0. The summed E-state index contributed by atoms with van der Waals surface area (Å²) in [6.07, 6.45) is 1.93. The molecule has 1 aromatic heterocycles. The quantitative estimate of drug-likeness (QED) is 0.875. The van der Waals surface area contributed by atoms with Gasteiger partial charge in [0.05, 0.1) is 18.2 Å². The fourth-order valence-electron chi connectivity index (χ4n) is 3.58. The zero-order valence-corrected chi connectivity index (χ0v) is 14.6. The Bertz CT molecular complexity index is 722. The fourth-order valence-corrected chi connectivity index (χ4v) is 3.58. The minimum Gasteiger partial charge on any atom is -0.388 e. The van der Waals surface area contributed by atoms with Gasteiger partial charge in [-0.3, -0.25) is 9.89 Å². The Labute approximate surface area is 146 Å². The number of carbonyl (C=O) groups excluding carboxylic acids is 1. The summed E-state index contributed by atoms with van der Waals surface area (Å²) in [4.78, 5) is 14.6. The van der Waals surface area contributed by atoms with Crippen LogP contribution in [0.25, 0.3) is 0 Å². The van der Waals surface area contributed by atoms with Crippen LogP contribution in [-0.2, 0) is 11.2 Å². The van der Waals surface area contributed by atoms with Gasteiger partial charge >= 0.3 is 0 Å². The van der Waals surface area contributed by atoms with Crippen molar-refractivity contribution < 1.29 is 14.3 Å². The van der Waals surface area contributed by atoms with Crippen molar-refractivity contribution in [2.24, 2.45) is 0 Å². The number of rotatable bonds is 5. The van der Waals surface area contributed by atoms with E-state index in [1.54, 1.807) is 12.1 Å². The van der Waals surface area contributed by atoms with Gasteiger partial charge in [0, 0.05) is 23.8 Å². The fraction of sp³-hybridized carbons (Fsp3) is 0.474. The largest absolute Gasteiger partial charge is 0.388 e. The number of halogens is 1. The number of benzene rings is 1. The maximum Gasteiger partial charge on any atom is 0.227 e. The van der Waals surface area contributed by atoms with E-state index in [1.165, 1.54) is 12.1 Å². The third-order valence-corrected chi connectivity index (χ3v) is 5.06. The van der Waals surface area contributed by atoms with E-state index in [0.29, 0.717) is 18.4 Å². The number of nitrogens with zero attached hydrogens (tertiary/aromatic N) is 2. The third-order valence-electron chi connectivity index (χ3n) is 5.06. The number of carbonyl (C=O) groups is 1. The number of aryl methyl sites for hydroxylation is 2. The first-order valence-electron chi connectivity index (χ1n) is 8.69. The summed E-state index contributed by atoms with van der Waals surface area (Å²) in [6, 6.07) is 5.90. The van der Waals surface area contributed by atoms with Crippen molar-refractivity contribution >= 4 is 5.91 Å². The second kappa shape index (κ2) is 7.35. The Balaban J connectivity index is 1.65. The molecule has 25 heavy (non-hydrogen) atoms. The average Bonchev–Trinajstić information content (AvgIpc) is 3.17. The minimum atomic E-state index is -0.698. The third kappa shape index (κ3) is 3.90. The van der Waals surface area contributed by atoms with Gasteiger partial charge in [-0.15, -0.1) is 0 Å². The molecule has 0 aliphatic carbocycles. The molecule has 1 fully saturated rings. The van der Waals surface area contributed by atoms with Gasteiger partial charge in [0.2, 0.25) is 5.91 Å². The highest BCUT2D eigenvalue weighted by atomic mass is 19.1. The number of aliphatic hydroxyl groups is 1. The minimum absolute atomic E-state index is 0.0140. The second-order valence-corrected chi connectivity index (χ2v) is 6.78. The lowest BCUT2D eigenvalue weighted by atomic mass is 10.00. The van der Waals surface area contributed by atoms with Gasteiger partial charge in [0.1, 0.15) is 5.82 Å². The maximum atomic E-state index is 13.0. The lowest BCUT2D eigenvalue weighted by molar-refractivity contribution is -0.131. The molecule has 2 unspecified atom stereocenters. The van der Waals surface area contributed by atoms with Crippen LogP contribution in [0.2, 0.25) is 0 Å². The standard InChI is InChI=1S/C19H24FN3O2/c1-12-17(13(2)22-21-12)11-19(25)23-9-3-4-16(23)10-18(24)14-5-7-15(20)8-6-14/h5-8,16,18,24H,3-4,9-11H2,1-2H3,(H,21,22). The molecular formula is C19H24FN3O2. The van der Waals surface area contributed by atoms with Gasteiger partial charge in [-0.25, -0.2) is 4.39 Å². The average molecular weight is 345 g/mol. The van der Waals surface area contributed by atoms with Crippen LogP contribution in [-0.4, -0.2) is 38.7 Å². The molecule has 3 rings (SSSR count). The summed E-state index contributed by atoms with van der Waals surface area (Å²) in [5.41, 5.74) is 3.41. The predicted molar refractivity (Wildman–Crippen MR) is 92.5 cm³/mol. The first-order chi connectivity index (χ1) is 12.0. The summed E-state index contributed by atoms with van der Waals surface area (Å²) in [5.74, 6) is -0.249. The molecule has 0 spiro atoms. The van der Waals surface area contributed by atoms with E-state index in [-0.39, 0.29) is 17.8 Å². The van der Waals surface area contributed by atoms with Crippen molar-refractivity contribution in [1.82, 2.24) is 15.1 Å². The predicted octanol–water partition coefficient (Wildman–Crippen LogP) is 2.82. The van der Waals surface area contributed by atoms with Crippen LogP contribution >= 0.6 is 0 Å². The maximum absolute atomic E-state index is 13.0. The number of hydrogen-bond donors (Lipinski definition) is 2. The summed E-state index contributed by atoms with van der Waals surface area (Å²) in [5, 5.41) is 17.5. The highest BCUT2D eigenvalue weighted by molar-refractivity contribution is 5.79. The molecule has 6 heteroatoms. The van der Waals surface area contributed by atoms with Crippen molar-refractivity contribution in [3.63, 3.8) is 0 Å². The molecule has 1 amide bonds. The Morgan fingerprint density at radius 3 is 2.76 bits per heavy atom. The molecule has 2 heterocycles. The number of aromatic nitrogens is 2. The van der Waals surface area contributed by atoms with Crippen molar-refractivity contribution in [3.05, 3.63) is 52.6 Å². The molecule has 0 radical (unpaired) electrons. The molecule has 0 bridgehead atoms. The number of aromatic amines is 1. The summed E-state index contributed by atoms with van der Waals surface area (Å²) in [6.45, 7) is 4.53. The molecular weight excluding hydrogens is 321 g/mol. The van der Waals surface area contributed by atoms with Crippen molar-refractivity contribution in [2.45, 2.75) is 51.7 Å². The summed E-state index contributed by atoms with van der Waals surface area (Å²) in [7, 11) is 0. The van der Waals surface area contributed by atoms with E-state index >= 15 is 0 Å². The first kappa shape index (κ1) is 17.6. The van der Waals surface area contributed by atoms with Crippen LogP contribution in [0.15, 0.2) is 24.3 Å². The van der Waals surface area contributed by atoms with E-state index in [9.17, 15) is 14.3 Å². The molecule has 134 valence electrons. The first-order valence-corrected chi connectivity index (χ1v) is 8.69. The molecule has 1 saturated heterocycles. The lowest BCUT2D eigenvalue weighted by Crippen LogP contribution is -2.37. The van der Waals surface area contributed by atoms with Crippen LogP contribution < -0.4 is 0 Å². The number of aliphatic hydroxyl groups excluding tert-OH is 1. The van der Waals surface area contributed by atoms with Crippen molar-refractivity contribution in [1.29, 1.82) is 0 Å². The van der Waals surface area contributed by atoms with Gasteiger partial charge in [0.25, 0.3) is 0 Å². The van der Waals surface area contributed by atoms with Gasteiger partial charge in [0.15, 0.2) is 0 Å². The molecule has 5 nitrogen and oxygen atoms in total. The normalized spacial score (nSPS) is 18.6. The topological polar surface area (TPSA) is 69.2 Å². The van der Waals surface area contributed by atoms with Gasteiger partial charge in [-0.1, -0.05) is 12.1 Å². The number of H-pyrrole nitrogens is 1. The number of amides is 1. The second-order valence-electron chi connectivity index (χ2n) is 6.78. The molecule has 2 atom stereocenters. The van der Waals surface area contributed by atoms with Crippen LogP contribution in [0.1, 0.15) is 47.9 Å². The van der Waals surface area contributed by atoms with Crippen molar-refractivity contribution in [3.8, 4) is 0 Å². The number of likely N-dealkylation sites (tertiary alicyclic amines) is 1. The zero-order valence-electron chi connectivity index (χ0n) is 14.6. The van der Waals surface area contributed by atoms with E-state index in [1.807, 2.05) is 18.7 Å². The van der Waals surface area contributed by atoms with Gasteiger partial charge < -0.3 is 10.0 Å². The molecule has 1 aromatic carbocycles. The lowest BCUT2D eigenvalue weighted by Gasteiger charge is -2.27. The van der Waals surface area contributed by atoms with Crippen LogP contribution in [0.4, 0.5) is 4.39 Å². The van der Waals surface area contributed by atoms with Crippen LogP contribution in [0.5, 0.6) is 0 Å². The van der Waals surface area contributed by atoms with E-state index in [2.05, 4.69) is 10.2 Å². The smallest absolute Gasteiger partial charge is 0.227 e. The Hall–Kier alpha value is -2.21. The Morgan fingerprint density at radius 2 is 2.12 bits per heavy atom. The highest BCUT2D eigenvalue weighted by Gasteiger charge is 2.31. The van der Waals surface area contributed by atoms with Crippen LogP contribution in [0, 0.1) is 19.7 Å². The van der Waals surface area contributed by atoms with E-state index in [4.69, 9.17) is 0 Å². The van der Waals surface area contributed by atoms with E-state index in [0.717, 1.165) is 36.3 Å². The molecule has 1 aliphatic heterocycles. The molecule has 0 saturated carbocycles. The van der Waals surface area contributed by atoms with Gasteiger partial charge in [-0.05, 0) is 50.8 Å². The SMILES string of the molecule is Cc1n[nH]c(C)c1CC(=O)N1CCCC1CC(O)c1ccc(F)cc1. The number of nitrogens with one attached hydrogen (secondary N) is 1. The number of hydrogen-bond acceptors (Lipinski definition) is 3. The Kier molecular flexibility index (Phi) is 5.18. The van der Waals surface area contributed by atoms with Crippen LogP contribution in [0.3, 0.4) is 0 Å². The molecule has 2 N–H and O–H groups in total. The highest BCUT2D eigenvalue weighted by Crippen LogP contribution is 2.28. The Morgan fingerprint density at radius 1 is 1.40 bits per heavy atom. The van der Waals surface area contributed by atoms with Crippen molar-refractivity contribution in [2.75, 3.05) is 6.54 Å². The molecule has 2 aromatic rings. The zero-order chi connectivity index (χ0) is 18.0. The monoisotopic (exact) mass is 345 g/mol. The summed E-state index contributed by atoms with van der Waals surface area (Å²) >= 11 is 0. The van der Waals surface area contributed by atoms with Gasteiger partial charge in [-0.2, -0.15) is 5.10 Å². The molecule has 1 aliphatic rings.